The molecule has 2 amide bonds. The molecule has 6 aliphatic carbocycles. The van der Waals surface area contributed by atoms with Crippen LogP contribution in [0.25, 0.3) is 0 Å². The third-order valence-electron chi connectivity index (χ3n) is 17.2. The van der Waals surface area contributed by atoms with Gasteiger partial charge >= 0.3 is 11.9 Å². The van der Waals surface area contributed by atoms with E-state index in [1.165, 1.54) is 0 Å². The van der Waals surface area contributed by atoms with Crippen molar-refractivity contribution in [2.75, 3.05) is 7.05 Å². The van der Waals surface area contributed by atoms with Gasteiger partial charge in [0.1, 0.15) is 11.5 Å². The van der Waals surface area contributed by atoms with E-state index in [0.29, 0.717) is 24.7 Å². The number of rotatable bonds is 7. The summed E-state index contributed by atoms with van der Waals surface area (Å²) in [5.41, 5.74) is -0.902. The second-order valence-corrected chi connectivity index (χ2v) is 20.7. The van der Waals surface area contributed by atoms with Gasteiger partial charge in [-0.3, -0.25) is 24.0 Å². The number of esters is 1. The molecular weight excluding hydrogens is 656 g/mol. The number of nitrogens with one attached hydrogen (secondary N) is 2. The molecule has 0 bridgehead atoms. The number of hydrogen-bond donors (Lipinski definition) is 3. The zero-order valence-corrected chi connectivity index (χ0v) is 34.0. The van der Waals surface area contributed by atoms with E-state index in [1.807, 2.05) is 13.8 Å². The SMILES string of the molecule is CNC(=O)C(C)(C)C(=O)NC12CC[C@]3(C)C(CCC4C5(C)CCC(OC(=O)C6CC(C(=O)O)C6(C)C)C(C)(C)C5CCC43C)C1=C(C(C)C)C(=O)C2. The minimum atomic E-state index is -1.27. The number of amides is 2. The highest BCUT2D eigenvalue weighted by Crippen LogP contribution is 2.76. The van der Waals surface area contributed by atoms with E-state index in [9.17, 15) is 29.1 Å². The second kappa shape index (κ2) is 12.1. The van der Waals surface area contributed by atoms with E-state index in [-0.39, 0.29) is 69.6 Å². The molecule has 290 valence electrons. The minimum Gasteiger partial charge on any atom is -0.481 e. The predicted octanol–water partition coefficient (Wildman–Crippen LogP) is 7.27. The molecule has 9 nitrogen and oxygen atoms in total. The number of carboxylic acids is 1. The fourth-order valence-electron chi connectivity index (χ4n) is 13.7. The summed E-state index contributed by atoms with van der Waals surface area (Å²) in [6.45, 7) is 23.3. The molecule has 6 aliphatic rings. The van der Waals surface area contributed by atoms with Crippen LogP contribution in [0.4, 0.5) is 0 Å². The Morgan fingerprint density at radius 1 is 0.808 bits per heavy atom. The molecule has 0 aromatic rings. The Kier molecular flexibility index (Phi) is 9.11. The number of carbonyl (C=O) groups is 5. The molecule has 0 aromatic heterocycles. The van der Waals surface area contributed by atoms with Gasteiger partial charge in [0, 0.05) is 18.9 Å². The highest BCUT2D eigenvalue weighted by Gasteiger charge is 2.71. The van der Waals surface area contributed by atoms with Crippen LogP contribution in [-0.4, -0.2) is 53.3 Å². The Hall–Kier alpha value is -2.71. The van der Waals surface area contributed by atoms with Gasteiger partial charge in [0.2, 0.25) is 11.8 Å². The first-order valence-electron chi connectivity index (χ1n) is 20.1. The van der Waals surface area contributed by atoms with E-state index in [4.69, 9.17) is 4.74 Å². The smallest absolute Gasteiger partial charge is 0.309 e. The van der Waals surface area contributed by atoms with Gasteiger partial charge in [0.25, 0.3) is 0 Å². The summed E-state index contributed by atoms with van der Waals surface area (Å²) in [6.07, 6.45) is 7.80. The molecule has 9 heteroatoms. The molecule has 0 radical (unpaired) electrons. The third-order valence-corrected chi connectivity index (χ3v) is 17.2. The van der Waals surface area contributed by atoms with Crippen molar-refractivity contribution in [3.63, 3.8) is 0 Å². The first kappa shape index (κ1) is 39.0. The number of hydrogen-bond acceptors (Lipinski definition) is 6. The summed E-state index contributed by atoms with van der Waals surface area (Å²) >= 11 is 0. The van der Waals surface area contributed by atoms with E-state index in [0.717, 1.165) is 56.1 Å². The topological polar surface area (TPSA) is 139 Å². The van der Waals surface area contributed by atoms with Crippen LogP contribution in [0.5, 0.6) is 0 Å². The summed E-state index contributed by atoms with van der Waals surface area (Å²) in [7, 11) is 1.55. The van der Waals surface area contributed by atoms with Gasteiger partial charge in [-0.25, -0.2) is 0 Å². The molecule has 6 rings (SSSR count). The van der Waals surface area contributed by atoms with Gasteiger partial charge in [0.05, 0.1) is 17.4 Å². The molecule has 5 saturated carbocycles. The Balaban J connectivity index is 1.29. The molecule has 52 heavy (non-hydrogen) atoms. The van der Waals surface area contributed by atoms with Gasteiger partial charge in [-0.15, -0.1) is 0 Å². The molecule has 0 spiro atoms. The molecule has 0 aliphatic heterocycles. The number of fused-ring (bicyclic) bond motifs is 7. The number of ketones is 1. The number of carbonyl (C=O) groups excluding carboxylic acids is 4. The Morgan fingerprint density at radius 2 is 1.46 bits per heavy atom. The molecule has 9 unspecified atom stereocenters. The normalized spacial score (nSPS) is 41.8. The maximum atomic E-state index is 14.0. The number of ether oxygens (including phenoxy) is 1. The van der Waals surface area contributed by atoms with Crippen LogP contribution in [0.2, 0.25) is 0 Å². The maximum Gasteiger partial charge on any atom is 0.309 e. The molecule has 0 saturated heterocycles. The van der Waals surface area contributed by atoms with Gasteiger partial charge in [-0.2, -0.15) is 0 Å². The van der Waals surface area contributed by atoms with Gasteiger partial charge in [-0.1, -0.05) is 62.3 Å². The Labute approximate surface area is 311 Å². The first-order valence-corrected chi connectivity index (χ1v) is 20.1. The lowest BCUT2D eigenvalue weighted by molar-refractivity contribution is -0.235. The molecular formula is C43H66N2O7. The standard InChI is InChI=1S/C43H66N2O7/c1-23(2)31-27(46)22-43(45-36(51)39(7,8)35(50)44-12)20-19-41(10)24(32(31)43)13-14-29-40(9)17-16-30(38(5,6)28(40)15-18-42(29,41)11)52-34(49)26-21-25(33(47)48)37(26,3)4/h23-26,28-30H,13-22H2,1-12H3,(H,44,50)(H,45,51)(H,47,48)/t24?,25?,26?,28?,29?,30?,40?,41-,42?,43?/m1/s1. The summed E-state index contributed by atoms with van der Waals surface area (Å²) in [6, 6.07) is 0. The monoisotopic (exact) mass is 722 g/mol. The van der Waals surface area contributed by atoms with Crippen LogP contribution < -0.4 is 10.6 Å². The summed E-state index contributed by atoms with van der Waals surface area (Å²) in [4.78, 5) is 66.0. The minimum absolute atomic E-state index is 0.000815. The third kappa shape index (κ3) is 5.15. The van der Waals surface area contributed by atoms with Crippen LogP contribution in [0.15, 0.2) is 11.1 Å². The summed E-state index contributed by atoms with van der Waals surface area (Å²) in [5.74, 6) is -1.54. The maximum absolute atomic E-state index is 14.0. The van der Waals surface area contributed by atoms with E-state index in [1.54, 1.807) is 20.9 Å². The van der Waals surface area contributed by atoms with Gasteiger partial charge < -0.3 is 20.5 Å². The molecule has 5 fully saturated rings. The van der Waals surface area contributed by atoms with E-state index < -0.39 is 34.2 Å². The molecule has 3 N–H and O–H groups in total. The Morgan fingerprint density at radius 3 is 2.04 bits per heavy atom. The van der Waals surface area contributed by atoms with Crippen molar-refractivity contribution >= 4 is 29.5 Å². The largest absolute Gasteiger partial charge is 0.481 e. The fraction of sp³-hybridized carbons (Fsp3) is 0.837. The van der Waals surface area contributed by atoms with Crippen LogP contribution >= 0.6 is 0 Å². The quantitative estimate of drug-likeness (QED) is 0.186. The lowest BCUT2D eigenvalue weighted by Gasteiger charge is -2.72. The van der Waals surface area contributed by atoms with Crippen LogP contribution in [0, 0.1) is 68.0 Å². The molecule has 0 heterocycles. The van der Waals surface area contributed by atoms with Crippen molar-refractivity contribution in [2.45, 2.75) is 152 Å². The van der Waals surface area contributed by atoms with Crippen LogP contribution in [0.1, 0.15) is 140 Å². The number of aliphatic carboxylic acids is 1. The number of Topliss-reactive ketones (excluding diaryl/α,β-unsaturated/α-hetero) is 1. The second-order valence-electron chi connectivity index (χ2n) is 20.7. The van der Waals surface area contributed by atoms with Crippen molar-refractivity contribution in [1.82, 2.24) is 10.6 Å². The zero-order valence-electron chi connectivity index (χ0n) is 34.0. The zero-order chi connectivity index (χ0) is 38.8. The van der Waals surface area contributed by atoms with Crippen molar-refractivity contribution in [3.05, 3.63) is 11.1 Å². The average molecular weight is 723 g/mol. The molecule has 0 aromatic carbocycles. The highest BCUT2D eigenvalue weighted by molar-refractivity contribution is 6.06. The summed E-state index contributed by atoms with van der Waals surface area (Å²) < 4.78 is 6.39. The van der Waals surface area contributed by atoms with Gasteiger partial charge in [0.15, 0.2) is 5.78 Å². The lowest BCUT2D eigenvalue weighted by Crippen LogP contribution is -2.68. The van der Waals surface area contributed by atoms with Crippen molar-refractivity contribution in [2.24, 2.45) is 68.0 Å². The highest BCUT2D eigenvalue weighted by atomic mass is 16.5. The lowest BCUT2D eigenvalue weighted by atomic mass is 9.33. The van der Waals surface area contributed by atoms with E-state index in [2.05, 4.69) is 59.1 Å². The fourth-order valence-corrected chi connectivity index (χ4v) is 13.7. The Bertz CT molecular complexity index is 1610. The summed E-state index contributed by atoms with van der Waals surface area (Å²) in [5, 5.41) is 15.6. The average Bonchev–Trinajstić information content (AvgIpc) is 3.33. The predicted molar refractivity (Wildman–Crippen MR) is 199 cm³/mol. The van der Waals surface area contributed by atoms with Crippen molar-refractivity contribution in [3.8, 4) is 0 Å². The first-order chi connectivity index (χ1) is 23.9. The molecule has 10 atom stereocenters. The van der Waals surface area contributed by atoms with Crippen LogP contribution in [-0.2, 0) is 28.7 Å². The van der Waals surface area contributed by atoms with Gasteiger partial charge in [-0.05, 0) is 128 Å². The number of carboxylic acid groups (broad SMARTS) is 1. The number of allylic oxidation sites excluding steroid dienone is 1. The van der Waals surface area contributed by atoms with Crippen molar-refractivity contribution in [1.29, 1.82) is 0 Å². The van der Waals surface area contributed by atoms with Crippen LogP contribution in [0.3, 0.4) is 0 Å². The van der Waals surface area contributed by atoms with E-state index >= 15 is 0 Å². The van der Waals surface area contributed by atoms with Crippen molar-refractivity contribution < 1.29 is 33.8 Å².